The first-order chi connectivity index (χ1) is 8.74. The number of H-pyrrole nitrogens is 1. The highest BCUT2D eigenvalue weighted by Gasteiger charge is 2.04. The summed E-state index contributed by atoms with van der Waals surface area (Å²) < 4.78 is 5.82. The molecule has 0 saturated carbocycles. The summed E-state index contributed by atoms with van der Waals surface area (Å²) in [6.07, 6.45) is 3.53. The Balaban J connectivity index is 1.96. The van der Waals surface area contributed by atoms with Crippen LogP contribution in [0.3, 0.4) is 0 Å². The van der Waals surface area contributed by atoms with Gasteiger partial charge in [0, 0.05) is 16.3 Å². The summed E-state index contributed by atoms with van der Waals surface area (Å²) in [7, 11) is 0. The van der Waals surface area contributed by atoms with E-state index in [1.54, 1.807) is 10.9 Å². The minimum absolute atomic E-state index is 0.743. The fraction of sp³-hybridized carbons (Fsp3) is 0.182. The van der Waals surface area contributed by atoms with Gasteiger partial charge in [-0.05, 0) is 53.0 Å². The molecule has 92 valence electrons. The summed E-state index contributed by atoms with van der Waals surface area (Å²) in [4.78, 5) is 3.23. The molecule has 0 fully saturated rings. The molecule has 0 aliphatic heterocycles. The van der Waals surface area contributed by atoms with Crippen LogP contribution in [0.1, 0.15) is 0 Å². The van der Waals surface area contributed by atoms with E-state index in [0.717, 1.165) is 28.9 Å². The zero-order valence-electron chi connectivity index (χ0n) is 9.38. The smallest absolute Gasteiger partial charge is 0.178 e. The molecule has 3 aromatic rings. The second-order valence-corrected chi connectivity index (χ2v) is 5.54. The van der Waals surface area contributed by atoms with Gasteiger partial charge in [-0.2, -0.15) is 0 Å². The van der Waals surface area contributed by atoms with Gasteiger partial charge < -0.3 is 9.55 Å². The number of benzene rings is 1. The van der Waals surface area contributed by atoms with Crippen LogP contribution in [0.5, 0.6) is 0 Å². The standard InChI is InChI=1S/C11H10IN5S/c12-8-1-2-10-9(7-8)14-11(18)17(10)6-5-16-4-3-13-15-16/h1-4,7H,5-6H2,(H,14,18). The van der Waals surface area contributed by atoms with E-state index in [4.69, 9.17) is 12.2 Å². The van der Waals surface area contributed by atoms with E-state index in [9.17, 15) is 0 Å². The second-order valence-electron chi connectivity index (χ2n) is 3.91. The highest BCUT2D eigenvalue weighted by molar-refractivity contribution is 14.1. The SMILES string of the molecule is S=c1[nH]c2cc(I)ccc2n1CCn1ccnn1. The maximum Gasteiger partial charge on any atom is 0.178 e. The molecule has 5 nitrogen and oxygen atoms in total. The lowest BCUT2D eigenvalue weighted by Crippen LogP contribution is -2.08. The van der Waals surface area contributed by atoms with Gasteiger partial charge in [-0.15, -0.1) is 5.10 Å². The third-order valence-electron chi connectivity index (χ3n) is 2.76. The summed E-state index contributed by atoms with van der Waals surface area (Å²) in [5.74, 6) is 0. The molecule has 0 spiro atoms. The van der Waals surface area contributed by atoms with Crippen molar-refractivity contribution in [2.75, 3.05) is 0 Å². The minimum Gasteiger partial charge on any atom is -0.331 e. The van der Waals surface area contributed by atoms with Gasteiger partial charge in [-0.25, -0.2) is 0 Å². The highest BCUT2D eigenvalue weighted by atomic mass is 127. The molecule has 0 radical (unpaired) electrons. The van der Waals surface area contributed by atoms with Gasteiger partial charge in [-0.1, -0.05) is 5.21 Å². The molecular formula is C11H10IN5S. The van der Waals surface area contributed by atoms with Crippen molar-refractivity contribution in [3.8, 4) is 0 Å². The average molecular weight is 371 g/mol. The van der Waals surface area contributed by atoms with Crippen LogP contribution in [0.4, 0.5) is 0 Å². The lowest BCUT2D eigenvalue weighted by atomic mass is 10.3. The Hall–Kier alpha value is -1.22. The van der Waals surface area contributed by atoms with Crippen molar-refractivity contribution in [1.82, 2.24) is 24.5 Å². The summed E-state index contributed by atoms with van der Waals surface area (Å²) in [5, 5.41) is 7.73. The fourth-order valence-electron chi connectivity index (χ4n) is 1.91. The molecule has 0 amide bonds. The predicted octanol–water partition coefficient (Wildman–Crippen LogP) is 2.60. The topological polar surface area (TPSA) is 51.4 Å². The summed E-state index contributed by atoms with van der Waals surface area (Å²) in [6, 6.07) is 6.26. The largest absolute Gasteiger partial charge is 0.331 e. The van der Waals surface area contributed by atoms with E-state index in [0.29, 0.717) is 0 Å². The summed E-state index contributed by atoms with van der Waals surface area (Å²) in [5.41, 5.74) is 2.20. The van der Waals surface area contributed by atoms with E-state index in [-0.39, 0.29) is 0 Å². The van der Waals surface area contributed by atoms with Crippen LogP contribution >= 0.6 is 34.8 Å². The van der Waals surface area contributed by atoms with Crippen LogP contribution < -0.4 is 0 Å². The van der Waals surface area contributed by atoms with Crippen molar-refractivity contribution >= 4 is 45.8 Å². The zero-order chi connectivity index (χ0) is 12.5. The Morgan fingerprint density at radius 1 is 1.33 bits per heavy atom. The van der Waals surface area contributed by atoms with E-state index < -0.39 is 0 Å². The molecule has 0 unspecified atom stereocenters. The van der Waals surface area contributed by atoms with Crippen molar-refractivity contribution in [1.29, 1.82) is 0 Å². The molecule has 18 heavy (non-hydrogen) atoms. The van der Waals surface area contributed by atoms with Gasteiger partial charge in [0.05, 0.1) is 23.8 Å². The Kier molecular flexibility index (Phi) is 3.16. The maximum atomic E-state index is 5.35. The molecule has 0 aliphatic carbocycles. The van der Waals surface area contributed by atoms with E-state index in [1.807, 2.05) is 6.20 Å². The molecule has 3 rings (SSSR count). The molecule has 0 saturated heterocycles. The van der Waals surface area contributed by atoms with Crippen molar-refractivity contribution in [2.45, 2.75) is 13.1 Å². The third-order valence-corrected chi connectivity index (χ3v) is 3.75. The second kappa shape index (κ2) is 4.81. The van der Waals surface area contributed by atoms with Gasteiger partial charge >= 0.3 is 0 Å². The molecule has 0 aliphatic rings. The van der Waals surface area contributed by atoms with Gasteiger partial charge in [0.1, 0.15) is 0 Å². The number of imidazole rings is 1. The van der Waals surface area contributed by atoms with Gasteiger partial charge in [0.2, 0.25) is 0 Å². The van der Waals surface area contributed by atoms with E-state index in [1.165, 1.54) is 3.57 Å². The molecule has 2 aromatic heterocycles. The Morgan fingerprint density at radius 3 is 3.00 bits per heavy atom. The van der Waals surface area contributed by atoms with Crippen molar-refractivity contribution in [2.24, 2.45) is 0 Å². The number of fused-ring (bicyclic) bond motifs is 1. The molecular weight excluding hydrogens is 361 g/mol. The molecule has 2 heterocycles. The van der Waals surface area contributed by atoms with Crippen LogP contribution in [-0.2, 0) is 13.1 Å². The minimum atomic E-state index is 0.743. The van der Waals surface area contributed by atoms with E-state index >= 15 is 0 Å². The fourth-order valence-corrected chi connectivity index (χ4v) is 2.70. The molecule has 0 atom stereocenters. The van der Waals surface area contributed by atoms with Crippen LogP contribution in [0.25, 0.3) is 11.0 Å². The van der Waals surface area contributed by atoms with Crippen molar-refractivity contribution in [3.63, 3.8) is 0 Å². The number of aryl methyl sites for hydroxylation is 2. The van der Waals surface area contributed by atoms with E-state index in [2.05, 4.69) is 60.7 Å². The summed E-state index contributed by atoms with van der Waals surface area (Å²) in [6.45, 7) is 1.54. The van der Waals surface area contributed by atoms with Crippen LogP contribution in [0, 0.1) is 8.34 Å². The number of halogens is 1. The number of hydrogen-bond donors (Lipinski definition) is 1. The number of hydrogen-bond acceptors (Lipinski definition) is 3. The monoisotopic (exact) mass is 371 g/mol. The van der Waals surface area contributed by atoms with Gasteiger partial charge in [-0.3, -0.25) is 4.68 Å². The Bertz CT molecular complexity index is 728. The Labute approximate surface area is 122 Å². The van der Waals surface area contributed by atoms with Crippen molar-refractivity contribution < 1.29 is 0 Å². The number of aromatic amines is 1. The predicted molar refractivity (Wildman–Crippen MR) is 79.9 cm³/mol. The van der Waals surface area contributed by atoms with Gasteiger partial charge in [0.25, 0.3) is 0 Å². The number of aromatic nitrogens is 5. The first-order valence-corrected chi connectivity index (χ1v) is 6.95. The third kappa shape index (κ3) is 2.19. The first kappa shape index (κ1) is 11.8. The quantitative estimate of drug-likeness (QED) is 0.569. The number of rotatable bonds is 3. The number of nitrogens with zero attached hydrogens (tertiary/aromatic N) is 4. The van der Waals surface area contributed by atoms with Crippen LogP contribution in [0.2, 0.25) is 0 Å². The summed E-state index contributed by atoms with van der Waals surface area (Å²) >= 11 is 7.64. The zero-order valence-corrected chi connectivity index (χ0v) is 12.4. The molecule has 1 N–H and O–H groups in total. The molecule has 1 aromatic carbocycles. The lowest BCUT2D eigenvalue weighted by molar-refractivity contribution is 0.523. The molecule has 0 bridgehead atoms. The highest BCUT2D eigenvalue weighted by Crippen LogP contribution is 2.17. The van der Waals surface area contributed by atoms with Crippen LogP contribution in [-0.4, -0.2) is 24.5 Å². The van der Waals surface area contributed by atoms with Gasteiger partial charge in [0.15, 0.2) is 4.77 Å². The van der Waals surface area contributed by atoms with Crippen LogP contribution in [0.15, 0.2) is 30.6 Å². The molecule has 7 heteroatoms. The first-order valence-electron chi connectivity index (χ1n) is 5.46. The lowest BCUT2D eigenvalue weighted by Gasteiger charge is -2.04. The maximum absolute atomic E-state index is 5.35. The Morgan fingerprint density at radius 2 is 2.22 bits per heavy atom. The average Bonchev–Trinajstić information content (AvgIpc) is 2.93. The normalized spacial score (nSPS) is 11.2. The van der Waals surface area contributed by atoms with Crippen molar-refractivity contribution in [3.05, 3.63) is 38.9 Å². The number of nitrogens with one attached hydrogen (secondary N) is 1.